The summed E-state index contributed by atoms with van der Waals surface area (Å²) < 4.78 is 36.9. The average Bonchev–Trinajstić information content (AvgIpc) is 2.90. The minimum atomic E-state index is -3.52. The highest BCUT2D eigenvalue weighted by Crippen LogP contribution is 2.37. The van der Waals surface area contributed by atoms with Crippen LogP contribution in [0, 0.1) is 11.8 Å². The first-order valence-corrected chi connectivity index (χ1v) is 8.29. The molecule has 0 bridgehead atoms. The second-order valence-electron chi connectivity index (χ2n) is 5.22. The molecule has 2 N–H and O–H groups in total. The second kappa shape index (κ2) is 6.71. The van der Waals surface area contributed by atoms with E-state index in [9.17, 15) is 8.42 Å². The summed E-state index contributed by atoms with van der Waals surface area (Å²) in [4.78, 5) is 0. The maximum atomic E-state index is 12.0. The third kappa shape index (κ3) is 4.31. The minimum absolute atomic E-state index is 0.0191. The van der Waals surface area contributed by atoms with E-state index >= 15 is 0 Å². The van der Waals surface area contributed by atoms with Gasteiger partial charge in [-0.3, -0.25) is 0 Å². The molecule has 0 aromatic carbocycles. The molecule has 0 saturated heterocycles. The van der Waals surface area contributed by atoms with Crippen molar-refractivity contribution >= 4 is 10.0 Å². The van der Waals surface area contributed by atoms with E-state index in [1.807, 2.05) is 0 Å². The van der Waals surface area contributed by atoms with Gasteiger partial charge >= 0.3 is 0 Å². The van der Waals surface area contributed by atoms with Gasteiger partial charge in [0.1, 0.15) is 5.76 Å². The van der Waals surface area contributed by atoms with Crippen LogP contribution in [0.15, 0.2) is 21.6 Å². The van der Waals surface area contributed by atoms with Crippen LogP contribution < -0.4 is 10.0 Å². The smallest absolute Gasteiger partial charge is 0.273 e. The summed E-state index contributed by atoms with van der Waals surface area (Å²) in [5.41, 5.74) is 0. The van der Waals surface area contributed by atoms with Crippen LogP contribution in [0.3, 0.4) is 0 Å². The summed E-state index contributed by atoms with van der Waals surface area (Å²) in [7, 11) is -1.89. The van der Waals surface area contributed by atoms with Crippen LogP contribution in [-0.2, 0) is 21.3 Å². The zero-order valence-corrected chi connectivity index (χ0v) is 12.7. The van der Waals surface area contributed by atoms with Gasteiger partial charge in [-0.2, -0.15) is 0 Å². The molecule has 0 spiro atoms. The van der Waals surface area contributed by atoms with Crippen LogP contribution in [0.25, 0.3) is 0 Å². The molecule has 1 aromatic heterocycles. The highest BCUT2D eigenvalue weighted by molar-refractivity contribution is 7.89. The van der Waals surface area contributed by atoms with Crippen LogP contribution in [0.2, 0.25) is 0 Å². The Hall–Kier alpha value is -0.890. The molecule has 1 heterocycles. The van der Waals surface area contributed by atoms with Gasteiger partial charge in [0.25, 0.3) is 10.0 Å². The third-order valence-corrected chi connectivity index (χ3v) is 4.79. The summed E-state index contributed by atoms with van der Waals surface area (Å²) in [6, 6.07) is 3.17. The van der Waals surface area contributed by atoms with Gasteiger partial charge in [0.15, 0.2) is 0 Å². The van der Waals surface area contributed by atoms with Crippen LogP contribution in [0.1, 0.15) is 19.1 Å². The molecule has 20 heavy (non-hydrogen) atoms. The molecule has 6 nitrogen and oxygen atoms in total. The van der Waals surface area contributed by atoms with Gasteiger partial charge in [-0.1, -0.05) is 6.92 Å². The van der Waals surface area contributed by atoms with Crippen LogP contribution in [-0.4, -0.2) is 35.2 Å². The molecule has 0 aliphatic heterocycles. The van der Waals surface area contributed by atoms with E-state index < -0.39 is 10.0 Å². The zero-order valence-electron chi connectivity index (χ0n) is 11.9. The molecule has 7 heteroatoms. The van der Waals surface area contributed by atoms with E-state index in [1.54, 1.807) is 13.2 Å². The van der Waals surface area contributed by atoms with Crippen LogP contribution in [0.5, 0.6) is 0 Å². The van der Waals surface area contributed by atoms with Gasteiger partial charge in [0, 0.05) is 20.2 Å². The van der Waals surface area contributed by atoms with Crippen molar-refractivity contribution in [2.45, 2.75) is 25.0 Å². The molecular weight excluding hydrogens is 280 g/mol. The van der Waals surface area contributed by atoms with Gasteiger partial charge in [0.2, 0.25) is 5.09 Å². The Morgan fingerprint density at radius 2 is 2.20 bits per heavy atom. The Balaban J connectivity index is 1.83. The molecule has 1 aliphatic carbocycles. The van der Waals surface area contributed by atoms with Crippen molar-refractivity contribution in [2.24, 2.45) is 11.8 Å². The van der Waals surface area contributed by atoms with Crippen molar-refractivity contribution in [1.82, 2.24) is 10.0 Å². The van der Waals surface area contributed by atoms with Gasteiger partial charge < -0.3 is 14.5 Å². The lowest BCUT2D eigenvalue weighted by Gasteiger charge is -2.03. The van der Waals surface area contributed by atoms with E-state index in [1.165, 1.54) is 6.07 Å². The fourth-order valence-electron chi connectivity index (χ4n) is 1.95. The minimum Gasteiger partial charge on any atom is -0.447 e. The Kier molecular flexibility index (Phi) is 5.20. The first kappa shape index (κ1) is 15.5. The topological polar surface area (TPSA) is 80.6 Å². The number of rotatable bonds is 9. The van der Waals surface area contributed by atoms with E-state index in [0.29, 0.717) is 43.8 Å². The SMILES string of the molecule is COCCNCc1ccc(S(=O)(=O)NCC2CC2C)o1. The van der Waals surface area contributed by atoms with Crippen molar-refractivity contribution in [3.05, 3.63) is 17.9 Å². The number of hydrogen-bond acceptors (Lipinski definition) is 5. The first-order chi connectivity index (χ1) is 9.53. The Labute approximate surface area is 119 Å². The quantitative estimate of drug-likeness (QED) is 0.664. The largest absolute Gasteiger partial charge is 0.447 e. The standard InChI is InChI=1S/C13H22N2O4S/c1-10-7-11(10)8-15-20(16,17)13-4-3-12(19-13)9-14-5-6-18-2/h3-4,10-11,14-15H,5-9H2,1-2H3. The number of furan rings is 1. The molecule has 2 unspecified atom stereocenters. The summed E-state index contributed by atoms with van der Waals surface area (Å²) in [6.45, 7) is 4.39. The predicted octanol–water partition coefficient (Wildman–Crippen LogP) is 0.950. The molecular formula is C13H22N2O4S. The van der Waals surface area contributed by atoms with Crippen LogP contribution >= 0.6 is 0 Å². The van der Waals surface area contributed by atoms with E-state index in [-0.39, 0.29) is 5.09 Å². The number of methoxy groups -OCH3 is 1. The van der Waals surface area contributed by atoms with Crippen molar-refractivity contribution in [3.8, 4) is 0 Å². The summed E-state index contributed by atoms with van der Waals surface area (Å²) >= 11 is 0. The Morgan fingerprint density at radius 3 is 2.85 bits per heavy atom. The lowest BCUT2D eigenvalue weighted by molar-refractivity contribution is 0.198. The van der Waals surface area contributed by atoms with Crippen molar-refractivity contribution in [1.29, 1.82) is 0 Å². The maximum absolute atomic E-state index is 12.0. The molecule has 2 rings (SSSR count). The highest BCUT2D eigenvalue weighted by Gasteiger charge is 2.33. The van der Waals surface area contributed by atoms with E-state index in [2.05, 4.69) is 17.0 Å². The lowest BCUT2D eigenvalue weighted by Crippen LogP contribution is -2.25. The predicted molar refractivity (Wildman–Crippen MR) is 74.8 cm³/mol. The van der Waals surface area contributed by atoms with E-state index in [0.717, 1.165) is 6.42 Å². The Bertz CT molecular complexity index is 526. The molecule has 1 saturated carbocycles. The van der Waals surface area contributed by atoms with Crippen molar-refractivity contribution in [2.75, 3.05) is 26.8 Å². The Morgan fingerprint density at radius 1 is 1.45 bits per heavy atom. The second-order valence-corrected chi connectivity index (χ2v) is 6.91. The molecule has 114 valence electrons. The molecule has 1 aromatic rings. The first-order valence-electron chi connectivity index (χ1n) is 6.81. The highest BCUT2D eigenvalue weighted by atomic mass is 32.2. The maximum Gasteiger partial charge on any atom is 0.273 e. The molecule has 1 fully saturated rings. The summed E-state index contributed by atoms with van der Waals surface area (Å²) in [5.74, 6) is 1.69. The van der Waals surface area contributed by atoms with Gasteiger partial charge in [-0.25, -0.2) is 13.1 Å². The fraction of sp³-hybridized carbons (Fsp3) is 0.692. The van der Waals surface area contributed by atoms with Crippen LogP contribution in [0.4, 0.5) is 0 Å². The van der Waals surface area contributed by atoms with E-state index in [4.69, 9.17) is 9.15 Å². The number of nitrogens with one attached hydrogen (secondary N) is 2. The lowest BCUT2D eigenvalue weighted by atomic mass is 10.3. The monoisotopic (exact) mass is 302 g/mol. The molecule has 1 aliphatic rings. The average molecular weight is 302 g/mol. The summed E-state index contributed by atoms with van der Waals surface area (Å²) in [6.07, 6.45) is 1.09. The number of ether oxygens (including phenoxy) is 1. The van der Waals surface area contributed by atoms with Gasteiger partial charge in [0.05, 0.1) is 13.2 Å². The van der Waals surface area contributed by atoms with Gasteiger partial charge in [-0.05, 0) is 30.4 Å². The third-order valence-electron chi connectivity index (χ3n) is 3.50. The zero-order chi connectivity index (χ0) is 14.6. The molecule has 0 radical (unpaired) electrons. The molecule has 2 atom stereocenters. The fourth-order valence-corrected chi connectivity index (χ4v) is 2.99. The summed E-state index contributed by atoms with van der Waals surface area (Å²) in [5, 5.41) is 3.08. The number of sulfonamides is 1. The normalized spacial score (nSPS) is 22.1. The molecule has 0 amide bonds. The van der Waals surface area contributed by atoms with Crippen molar-refractivity contribution in [3.63, 3.8) is 0 Å². The van der Waals surface area contributed by atoms with Gasteiger partial charge in [-0.15, -0.1) is 0 Å². The number of hydrogen-bond donors (Lipinski definition) is 2. The van der Waals surface area contributed by atoms with Crippen molar-refractivity contribution < 1.29 is 17.6 Å².